The van der Waals surface area contributed by atoms with E-state index < -0.39 is 0 Å². The van der Waals surface area contributed by atoms with Crippen molar-refractivity contribution in [2.75, 3.05) is 6.61 Å². The standard InChI is InChI=1S/C23H33N3O3/c1-4-5-12-29-17-10-8-16(9-11-17)24-22(27)19-14-25(2)21-18(15-6-7-15)13-26(3)23(28)20(19)21/h13-17H,4-12H2,1-3H3,(H,24,27)/t16-,17-. The van der Waals surface area contributed by atoms with Crippen molar-refractivity contribution in [3.63, 3.8) is 0 Å². The molecule has 158 valence electrons. The molecular weight excluding hydrogens is 366 g/mol. The van der Waals surface area contributed by atoms with E-state index >= 15 is 0 Å². The third-order valence-corrected chi connectivity index (χ3v) is 6.44. The highest BCUT2D eigenvalue weighted by atomic mass is 16.5. The quantitative estimate of drug-likeness (QED) is 0.724. The van der Waals surface area contributed by atoms with Gasteiger partial charge in [0.25, 0.3) is 11.5 Å². The van der Waals surface area contributed by atoms with Crippen molar-refractivity contribution < 1.29 is 9.53 Å². The Morgan fingerprint density at radius 2 is 1.83 bits per heavy atom. The molecule has 2 aromatic heterocycles. The first-order valence-electron chi connectivity index (χ1n) is 11.1. The Labute approximate surface area is 172 Å². The number of aromatic nitrogens is 2. The highest BCUT2D eigenvalue weighted by molar-refractivity contribution is 6.07. The van der Waals surface area contributed by atoms with Gasteiger partial charge in [-0.3, -0.25) is 9.59 Å². The molecule has 0 aromatic carbocycles. The number of amides is 1. The number of carbonyl (C=O) groups is 1. The van der Waals surface area contributed by atoms with Crippen molar-refractivity contribution in [3.8, 4) is 0 Å². The topological polar surface area (TPSA) is 65.3 Å². The van der Waals surface area contributed by atoms with Crippen molar-refractivity contribution in [1.29, 1.82) is 0 Å². The maximum atomic E-state index is 13.1. The van der Waals surface area contributed by atoms with Crippen LogP contribution in [-0.4, -0.2) is 33.8 Å². The summed E-state index contributed by atoms with van der Waals surface area (Å²) < 4.78 is 9.52. The lowest BCUT2D eigenvalue weighted by molar-refractivity contribution is 0.0209. The lowest BCUT2D eigenvalue weighted by Crippen LogP contribution is -2.39. The Kier molecular flexibility index (Phi) is 5.81. The van der Waals surface area contributed by atoms with E-state index in [0.717, 1.165) is 63.5 Å². The lowest BCUT2D eigenvalue weighted by atomic mass is 9.92. The zero-order valence-electron chi connectivity index (χ0n) is 17.9. The van der Waals surface area contributed by atoms with Gasteiger partial charge in [-0.2, -0.15) is 0 Å². The number of rotatable bonds is 7. The van der Waals surface area contributed by atoms with Gasteiger partial charge in [-0.15, -0.1) is 0 Å². The number of nitrogens with zero attached hydrogens (tertiary/aromatic N) is 2. The molecule has 0 spiro atoms. The van der Waals surface area contributed by atoms with Crippen LogP contribution in [0.4, 0.5) is 0 Å². The molecule has 2 aromatic rings. The molecule has 0 saturated heterocycles. The molecule has 0 bridgehead atoms. The zero-order chi connectivity index (χ0) is 20.5. The number of aryl methyl sites for hydroxylation is 2. The number of ether oxygens (including phenoxy) is 1. The first kappa shape index (κ1) is 20.2. The number of unbranched alkanes of at least 4 members (excludes halogenated alkanes) is 1. The molecule has 1 N–H and O–H groups in total. The molecule has 6 nitrogen and oxygen atoms in total. The second kappa shape index (κ2) is 8.34. The number of hydrogen-bond donors (Lipinski definition) is 1. The molecule has 0 radical (unpaired) electrons. The highest BCUT2D eigenvalue weighted by Crippen LogP contribution is 2.43. The number of pyridine rings is 1. The van der Waals surface area contributed by atoms with E-state index in [1.165, 1.54) is 5.56 Å². The molecule has 2 aliphatic carbocycles. The van der Waals surface area contributed by atoms with E-state index in [4.69, 9.17) is 4.74 Å². The monoisotopic (exact) mass is 399 g/mol. The number of hydrogen-bond acceptors (Lipinski definition) is 3. The smallest absolute Gasteiger partial charge is 0.260 e. The summed E-state index contributed by atoms with van der Waals surface area (Å²) in [6.45, 7) is 3.00. The summed E-state index contributed by atoms with van der Waals surface area (Å²) in [5.74, 6) is 0.382. The SMILES string of the molecule is CCCCO[C@H]1CC[C@H](NC(=O)c2cn(C)c3c(C4CC4)cn(C)c(=O)c23)CC1. The summed E-state index contributed by atoms with van der Waals surface area (Å²) in [5.41, 5.74) is 2.53. The van der Waals surface area contributed by atoms with Crippen LogP contribution >= 0.6 is 0 Å². The second-order valence-electron chi connectivity index (χ2n) is 8.82. The lowest BCUT2D eigenvalue weighted by Gasteiger charge is -2.29. The Morgan fingerprint density at radius 1 is 1.10 bits per heavy atom. The van der Waals surface area contributed by atoms with Gasteiger partial charge in [0.15, 0.2) is 0 Å². The van der Waals surface area contributed by atoms with Crippen LogP contribution in [0, 0.1) is 0 Å². The summed E-state index contributed by atoms with van der Waals surface area (Å²) in [6.07, 6.45) is 12.5. The highest BCUT2D eigenvalue weighted by Gasteiger charge is 2.30. The molecule has 6 heteroatoms. The molecule has 1 amide bonds. The maximum absolute atomic E-state index is 13.1. The fourth-order valence-corrected chi connectivity index (χ4v) is 4.59. The first-order valence-corrected chi connectivity index (χ1v) is 11.1. The fraction of sp³-hybridized carbons (Fsp3) is 0.652. The van der Waals surface area contributed by atoms with E-state index in [-0.39, 0.29) is 17.5 Å². The van der Waals surface area contributed by atoms with Gasteiger partial charge in [-0.05, 0) is 56.4 Å². The summed E-state index contributed by atoms with van der Waals surface area (Å²) in [6, 6.07) is 0.152. The van der Waals surface area contributed by atoms with Crippen LogP contribution in [0.2, 0.25) is 0 Å². The van der Waals surface area contributed by atoms with Crippen LogP contribution in [0.25, 0.3) is 10.9 Å². The fourth-order valence-electron chi connectivity index (χ4n) is 4.59. The molecule has 2 aliphatic rings. The van der Waals surface area contributed by atoms with Gasteiger partial charge in [0, 0.05) is 39.1 Å². The molecule has 0 atom stereocenters. The van der Waals surface area contributed by atoms with Crippen LogP contribution in [0.3, 0.4) is 0 Å². The van der Waals surface area contributed by atoms with Gasteiger partial charge in [0.2, 0.25) is 0 Å². The van der Waals surface area contributed by atoms with Crippen molar-refractivity contribution >= 4 is 16.8 Å². The van der Waals surface area contributed by atoms with E-state index in [9.17, 15) is 9.59 Å². The summed E-state index contributed by atoms with van der Waals surface area (Å²) in [7, 11) is 3.71. The van der Waals surface area contributed by atoms with Crippen molar-refractivity contribution in [2.24, 2.45) is 14.1 Å². The molecule has 4 rings (SSSR count). The third kappa shape index (κ3) is 4.13. The van der Waals surface area contributed by atoms with Gasteiger partial charge in [0.1, 0.15) is 0 Å². The van der Waals surface area contributed by atoms with Crippen LogP contribution in [-0.2, 0) is 18.8 Å². The molecule has 0 unspecified atom stereocenters. The Morgan fingerprint density at radius 3 is 2.48 bits per heavy atom. The number of carbonyl (C=O) groups excluding carboxylic acids is 1. The van der Waals surface area contributed by atoms with Gasteiger partial charge < -0.3 is 19.2 Å². The van der Waals surface area contributed by atoms with E-state index in [2.05, 4.69) is 12.2 Å². The van der Waals surface area contributed by atoms with Crippen LogP contribution in [0.5, 0.6) is 0 Å². The minimum Gasteiger partial charge on any atom is -0.378 e. The molecule has 2 fully saturated rings. The van der Waals surface area contributed by atoms with Crippen molar-refractivity contribution in [1.82, 2.24) is 14.5 Å². The van der Waals surface area contributed by atoms with Gasteiger partial charge in [0.05, 0.1) is 22.6 Å². The normalized spacial score (nSPS) is 22.2. The zero-order valence-corrected chi connectivity index (χ0v) is 17.9. The summed E-state index contributed by atoms with van der Waals surface area (Å²) in [5, 5.41) is 3.75. The van der Waals surface area contributed by atoms with Crippen LogP contribution in [0.15, 0.2) is 17.2 Å². The summed E-state index contributed by atoms with van der Waals surface area (Å²) >= 11 is 0. The minimum absolute atomic E-state index is 0.0943. The molecule has 0 aliphatic heterocycles. The van der Waals surface area contributed by atoms with Gasteiger partial charge in [-0.25, -0.2) is 0 Å². The van der Waals surface area contributed by atoms with Crippen LogP contribution in [0.1, 0.15) is 80.1 Å². The van der Waals surface area contributed by atoms with E-state index in [0.29, 0.717) is 23.0 Å². The number of nitrogens with one attached hydrogen (secondary N) is 1. The summed E-state index contributed by atoms with van der Waals surface area (Å²) in [4.78, 5) is 26.0. The predicted molar refractivity (Wildman–Crippen MR) is 115 cm³/mol. The Balaban J connectivity index is 1.49. The maximum Gasteiger partial charge on any atom is 0.260 e. The molecule has 2 heterocycles. The predicted octanol–water partition coefficient (Wildman–Crippen LogP) is 3.61. The molecular formula is C23H33N3O3. The van der Waals surface area contributed by atoms with Gasteiger partial charge >= 0.3 is 0 Å². The first-order chi connectivity index (χ1) is 14.0. The average Bonchev–Trinajstić information content (AvgIpc) is 3.49. The van der Waals surface area contributed by atoms with Crippen LogP contribution < -0.4 is 10.9 Å². The van der Waals surface area contributed by atoms with Crippen molar-refractivity contribution in [3.05, 3.63) is 33.9 Å². The largest absolute Gasteiger partial charge is 0.378 e. The minimum atomic E-state index is -0.129. The third-order valence-electron chi connectivity index (χ3n) is 6.44. The molecule has 29 heavy (non-hydrogen) atoms. The van der Waals surface area contributed by atoms with Crippen molar-refractivity contribution in [2.45, 2.75) is 76.4 Å². The Bertz CT molecular complexity index is 946. The second-order valence-corrected chi connectivity index (χ2v) is 8.82. The molecule has 2 saturated carbocycles. The number of fused-ring (bicyclic) bond motifs is 1. The average molecular weight is 400 g/mol. The van der Waals surface area contributed by atoms with Gasteiger partial charge in [-0.1, -0.05) is 13.3 Å². The van der Waals surface area contributed by atoms with E-state index in [1.807, 2.05) is 24.0 Å². The Hall–Kier alpha value is -2.08. The van der Waals surface area contributed by atoms with E-state index in [1.54, 1.807) is 11.6 Å².